The van der Waals surface area contributed by atoms with E-state index in [9.17, 15) is 5.11 Å². The summed E-state index contributed by atoms with van der Waals surface area (Å²) in [5.74, 6) is 3.55. The molecule has 4 aliphatic carbocycles. The lowest BCUT2D eigenvalue weighted by Gasteiger charge is -2.58. The molecule has 0 heterocycles. The number of hydrogen-bond acceptors (Lipinski definition) is 2. The summed E-state index contributed by atoms with van der Waals surface area (Å²) in [6.07, 6.45) is 7.66. The fraction of sp³-hybridized carbons (Fsp3) is 0.684. The zero-order valence-electron chi connectivity index (χ0n) is 12.9. The first-order chi connectivity index (χ1) is 10.1. The molecule has 5 rings (SSSR count). The maximum atomic E-state index is 10.8. The first-order valence-corrected chi connectivity index (χ1v) is 8.51. The summed E-state index contributed by atoms with van der Waals surface area (Å²) in [5.41, 5.74) is 1.31. The van der Waals surface area contributed by atoms with Gasteiger partial charge in [0.05, 0.1) is 6.10 Å². The van der Waals surface area contributed by atoms with Crippen LogP contribution in [0.2, 0.25) is 0 Å². The van der Waals surface area contributed by atoms with Crippen molar-refractivity contribution in [3.8, 4) is 5.75 Å². The summed E-state index contributed by atoms with van der Waals surface area (Å²) in [4.78, 5) is 0. The minimum Gasteiger partial charge on any atom is -0.491 e. The Balaban J connectivity index is 1.45. The van der Waals surface area contributed by atoms with Crippen LogP contribution < -0.4 is 4.74 Å². The first-order valence-electron chi connectivity index (χ1n) is 8.51. The van der Waals surface area contributed by atoms with Gasteiger partial charge in [0.2, 0.25) is 0 Å². The normalized spacial score (nSPS) is 38.5. The molecule has 4 bridgehead atoms. The third-order valence-electron chi connectivity index (χ3n) is 6.28. The molecule has 0 aliphatic heterocycles. The van der Waals surface area contributed by atoms with Crippen LogP contribution in [0.25, 0.3) is 0 Å². The molecule has 1 unspecified atom stereocenters. The van der Waals surface area contributed by atoms with Crippen LogP contribution in [0.1, 0.15) is 44.1 Å². The second-order valence-electron chi connectivity index (χ2n) is 7.87. The Labute approximate surface area is 127 Å². The van der Waals surface area contributed by atoms with Gasteiger partial charge in [0.15, 0.2) is 0 Å². The van der Waals surface area contributed by atoms with Gasteiger partial charge in [-0.05, 0) is 74.8 Å². The van der Waals surface area contributed by atoms with Crippen molar-refractivity contribution >= 4 is 0 Å². The Morgan fingerprint density at radius 2 is 1.67 bits per heavy atom. The molecule has 1 atom stereocenters. The fourth-order valence-corrected chi connectivity index (χ4v) is 5.65. The maximum Gasteiger partial charge on any atom is 0.122 e. The van der Waals surface area contributed by atoms with Crippen LogP contribution in [-0.2, 0) is 0 Å². The van der Waals surface area contributed by atoms with Crippen molar-refractivity contribution in [3.05, 3.63) is 29.8 Å². The van der Waals surface area contributed by atoms with E-state index in [1.54, 1.807) is 0 Å². The molecule has 0 amide bonds. The van der Waals surface area contributed by atoms with Gasteiger partial charge >= 0.3 is 0 Å². The highest BCUT2D eigenvalue weighted by Crippen LogP contribution is 2.61. The molecule has 4 fully saturated rings. The lowest BCUT2D eigenvalue weighted by molar-refractivity contribution is -0.129. The predicted octanol–water partition coefficient (Wildman–Crippen LogP) is 3.95. The molecule has 4 saturated carbocycles. The number of aliphatic hydroxyl groups excluding tert-OH is 1. The Morgan fingerprint density at radius 1 is 1.10 bits per heavy atom. The first kappa shape index (κ1) is 13.6. The SMILES string of the molecule is Cc1ccccc1OCC(O)C12CC3CC(CC(C3)C1)C2. The molecule has 1 aromatic rings. The van der Waals surface area contributed by atoms with Gasteiger partial charge in [-0.3, -0.25) is 0 Å². The molecule has 4 aliphatic rings. The second kappa shape index (κ2) is 5.01. The monoisotopic (exact) mass is 286 g/mol. The number of rotatable bonds is 4. The number of benzene rings is 1. The highest BCUT2D eigenvalue weighted by molar-refractivity contribution is 5.31. The predicted molar refractivity (Wildman–Crippen MR) is 83.3 cm³/mol. The summed E-state index contributed by atoms with van der Waals surface area (Å²) in [6, 6.07) is 8.09. The van der Waals surface area contributed by atoms with Crippen LogP contribution in [0.5, 0.6) is 5.75 Å². The van der Waals surface area contributed by atoms with Crippen molar-refractivity contribution in [1.29, 1.82) is 0 Å². The smallest absolute Gasteiger partial charge is 0.122 e. The zero-order chi connectivity index (χ0) is 14.4. The lowest BCUT2D eigenvalue weighted by Crippen LogP contribution is -2.53. The van der Waals surface area contributed by atoms with E-state index < -0.39 is 0 Å². The second-order valence-corrected chi connectivity index (χ2v) is 7.87. The zero-order valence-corrected chi connectivity index (χ0v) is 12.9. The number of aliphatic hydroxyl groups is 1. The van der Waals surface area contributed by atoms with E-state index in [0.717, 1.165) is 29.1 Å². The molecule has 0 spiro atoms. The Kier molecular flexibility index (Phi) is 3.25. The van der Waals surface area contributed by atoms with E-state index in [4.69, 9.17) is 4.74 Å². The van der Waals surface area contributed by atoms with E-state index in [2.05, 4.69) is 13.0 Å². The van der Waals surface area contributed by atoms with Gasteiger partial charge in [0.1, 0.15) is 12.4 Å². The van der Waals surface area contributed by atoms with Crippen molar-refractivity contribution in [2.45, 2.75) is 51.6 Å². The van der Waals surface area contributed by atoms with Crippen LogP contribution in [0.15, 0.2) is 24.3 Å². The largest absolute Gasteiger partial charge is 0.491 e. The van der Waals surface area contributed by atoms with Gasteiger partial charge in [0.25, 0.3) is 0 Å². The van der Waals surface area contributed by atoms with E-state index in [1.807, 2.05) is 18.2 Å². The van der Waals surface area contributed by atoms with Gasteiger partial charge in [0, 0.05) is 5.41 Å². The van der Waals surface area contributed by atoms with Gasteiger partial charge < -0.3 is 9.84 Å². The molecule has 2 heteroatoms. The van der Waals surface area contributed by atoms with Crippen molar-refractivity contribution in [3.63, 3.8) is 0 Å². The standard InChI is InChI=1S/C19H26O2/c1-13-4-2-3-5-17(13)21-12-18(20)19-9-14-6-15(10-19)8-16(7-14)11-19/h2-5,14-16,18,20H,6-12H2,1H3. The van der Waals surface area contributed by atoms with Crippen LogP contribution in [0.3, 0.4) is 0 Å². The summed E-state index contributed by atoms with van der Waals surface area (Å²) in [6.45, 7) is 2.52. The molecule has 2 nitrogen and oxygen atoms in total. The molecule has 0 aromatic heterocycles. The lowest BCUT2D eigenvalue weighted by atomic mass is 9.48. The van der Waals surface area contributed by atoms with Crippen molar-refractivity contribution < 1.29 is 9.84 Å². The minimum absolute atomic E-state index is 0.164. The maximum absolute atomic E-state index is 10.8. The van der Waals surface area contributed by atoms with Crippen molar-refractivity contribution in [1.82, 2.24) is 0 Å². The molecule has 0 saturated heterocycles. The van der Waals surface area contributed by atoms with Crippen LogP contribution in [0, 0.1) is 30.1 Å². The average Bonchev–Trinajstić information content (AvgIpc) is 2.44. The topological polar surface area (TPSA) is 29.5 Å². The summed E-state index contributed by atoms with van der Waals surface area (Å²) in [5, 5.41) is 10.8. The molecule has 0 radical (unpaired) electrons. The van der Waals surface area contributed by atoms with Crippen LogP contribution in [0.4, 0.5) is 0 Å². The molecule has 21 heavy (non-hydrogen) atoms. The average molecular weight is 286 g/mol. The minimum atomic E-state index is -0.300. The Bertz CT molecular complexity index is 487. The van der Waals surface area contributed by atoms with E-state index in [0.29, 0.717) is 6.61 Å². The van der Waals surface area contributed by atoms with E-state index in [-0.39, 0.29) is 11.5 Å². The number of hydrogen-bond donors (Lipinski definition) is 1. The number of ether oxygens (including phenoxy) is 1. The third-order valence-corrected chi connectivity index (χ3v) is 6.28. The van der Waals surface area contributed by atoms with Crippen molar-refractivity contribution in [2.75, 3.05) is 6.61 Å². The molecular formula is C19H26O2. The molecular weight excluding hydrogens is 260 g/mol. The highest BCUT2D eigenvalue weighted by atomic mass is 16.5. The van der Waals surface area contributed by atoms with E-state index in [1.165, 1.54) is 38.5 Å². The van der Waals surface area contributed by atoms with Gasteiger partial charge in [-0.25, -0.2) is 0 Å². The number of aryl methyl sites for hydroxylation is 1. The molecule has 114 valence electrons. The summed E-state index contributed by atoms with van der Waals surface area (Å²) < 4.78 is 5.94. The Morgan fingerprint density at radius 3 is 2.24 bits per heavy atom. The quantitative estimate of drug-likeness (QED) is 0.908. The van der Waals surface area contributed by atoms with Gasteiger partial charge in [-0.2, -0.15) is 0 Å². The summed E-state index contributed by atoms with van der Waals surface area (Å²) in [7, 11) is 0. The number of para-hydroxylation sites is 1. The summed E-state index contributed by atoms with van der Waals surface area (Å²) >= 11 is 0. The molecule has 1 N–H and O–H groups in total. The van der Waals surface area contributed by atoms with E-state index >= 15 is 0 Å². The van der Waals surface area contributed by atoms with Crippen LogP contribution in [-0.4, -0.2) is 17.8 Å². The van der Waals surface area contributed by atoms with Crippen LogP contribution >= 0.6 is 0 Å². The molecule has 1 aromatic carbocycles. The van der Waals surface area contributed by atoms with Crippen molar-refractivity contribution in [2.24, 2.45) is 23.2 Å². The fourth-order valence-electron chi connectivity index (χ4n) is 5.65. The Hall–Kier alpha value is -1.02. The van der Waals surface area contributed by atoms with Gasteiger partial charge in [-0.1, -0.05) is 18.2 Å². The van der Waals surface area contributed by atoms with Gasteiger partial charge in [-0.15, -0.1) is 0 Å². The third kappa shape index (κ3) is 2.38. The highest BCUT2D eigenvalue weighted by Gasteiger charge is 2.54.